The lowest BCUT2D eigenvalue weighted by Gasteiger charge is -2.30. The SMILES string of the molecule is COc1c(N)ncnc1NCC1CN(C)CCO1. The molecule has 0 radical (unpaired) electrons. The molecule has 18 heavy (non-hydrogen) atoms. The predicted molar refractivity (Wildman–Crippen MR) is 68.7 cm³/mol. The van der Waals surface area contributed by atoms with E-state index in [9.17, 15) is 0 Å². The molecule has 0 aromatic carbocycles. The van der Waals surface area contributed by atoms with Crippen LogP contribution in [0.1, 0.15) is 0 Å². The normalized spacial score (nSPS) is 20.7. The van der Waals surface area contributed by atoms with Gasteiger partial charge in [-0.1, -0.05) is 0 Å². The fourth-order valence-electron chi connectivity index (χ4n) is 1.92. The minimum absolute atomic E-state index is 0.143. The number of aromatic nitrogens is 2. The van der Waals surface area contributed by atoms with Crippen LogP contribution in [0.3, 0.4) is 0 Å². The summed E-state index contributed by atoms with van der Waals surface area (Å²) >= 11 is 0. The van der Waals surface area contributed by atoms with Gasteiger partial charge in [0.15, 0.2) is 11.6 Å². The molecule has 1 atom stereocenters. The number of ether oxygens (including phenoxy) is 2. The van der Waals surface area contributed by atoms with E-state index in [2.05, 4.69) is 27.2 Å². The van der Waals surface area contributed by atoms with Crippen LogP contribution in [0.2, 0.25) is 0 Å². The number of likely N-dealkylation sites (N-methyl/N-ethyl adjacent to an activating group) is 1. The van der Waals surface area contributed by atoms with Crippen LogP contribution >= 0.6 is 0 Å². The number of methoxy groups -OCH3 is 1. The first-order valence-electron chi connectivity index (χ1n) is 5.89. The number of hydrogen-bond donors (Lipinski definition) is 2. The van der Waals surface area contributed by atoms with Gasteiger partial charge < -0.3 is 25.4 Å². The van der Waals surface area contributed by atoms with Gasteiger partial charge in [-0.05, 0) is 7.05 Å². The lowest BCUT2D eigenvalue weighted by molar-refractivity contribution is -0.0117. The zero-order chi connectivity index (χ0) is 13.0. The number of hydrogen-bond acceptors (Lipinski definition) is 7. The van der Waals surface area contributed by atoms with E-state index < -0.39 is 0 Å². The summed E-state index contributed by atoms with van der Waals surface area (Å²) in [6.07, 6.45) is 1.55. The Morgan fingerprint density at radius 3 is 3.17 bits per heavy atom. The van der Waals surface area contributed by atoms with Crippen molar-refractivity contribution in [3.05, 3.63) is 6.33 Å². The molecule has 1 saturated heterocycles. The zero-order valence-corrected chi connectivity index (χ0v) is 10.7. The van der Waals surface area contributed by atoms with Gasteiger partial charge in [0.05, 0.1) is 19.8 Å². The predicted octanol–water partition coefficient (Wildman–Crippen LogP) is -0.190. The summed E-state index contributed by atoms with van der Waals surface area (Å²) in [5.41, 5.74) is 5.71. The summed E-state index contributed by atoms with van der Waals surface area (Å²) < 4.78 is 10.8. The van der Waals surface area contributed by atoms with E-state index in [0.29, 0.717) is 23.9 Å². The van der Waals surface area contributed by atoms with Crippen LogP contribution < -0.4 is 15.8 Å². The standard InChI is InChI=1S/C11H19N5O2/c1-16-3-4-18-8(6-16)5-13-11-9(17-2)10(12)14-7-15-11/h7-8H,3-6H2,1-2H3,(H3,12,13,14,15). The molecule has 0 amide bonds. The highest BCUT2D eigenvalue weighted by molar-refractivity contribution is 5.61. The van der Waals surface area contributed by atoms with E-state index in [4.69, 9.17) is 15.2 Å². The van der Waals surface area contributed by atoms with Gasteiger partial charge in [-0.3, -0.25) is 0 Å². The number of nitrogens with zero attached hydrogens (tertiary/aromatic N) is 3. The quantitative estimate of drug-likeness (QED) is 0.769. The van der Waals surface area contributed by atoms with Crippen molar-refractivity contribution < 1.29 is 9.47 Å². The summed E-state index contributed by atoms with van der Waals surface area (Å²) in [7, 11) is 3.63. The largest absolute Gasteiger partial charge is 0.490 e. The number of nitrogens with two attached hydrogens (primary N) is 1. The van der Waals surface area contributed by atoms with E-state index in [0.717, 1.165) is 19.7 Å². The molecule has 1 aliphatic heterocycles. The van der Waals surface area contributed by atoms with Crippen LogP contribution in [0.4, 0.5) is 11.6 Å². The first-order valence-corrected chi connectivity index (χ1v) is 5.89. The van der Waals surface area contributed by atoms with Crippen molar-refractivity contribution in [2.45, 2.75) is 6.10 Å². The number of morpholine rings is 1. The number of anilines is 2. The van der Waals surface area contributed by atoms with Gasteiger partial charge in [-0.2, -0.15) is 0 Å². The molecule has 100 valence electrons. The van der Waals surface area contributed by atoms with Gasteiger partial charge in [-0.15, -0.1) is 0 Å². The maximum Gasteiger partial charge on any atom is 0.203 e. The Labute approximate surface area is 106 Å². The van der Waals surface area contributed by atoms with Crippen molar-refractivity contribution >= 4 is 11.6 Å². The van der Waals surface area contributed by atoms with Crippen molar-refractivity contribution in [3.63, 3.8) is 0 Å². The lowest BCUT2D eigenvalue weighted by atomic mass is 10.3. The Morgan fingerprint density at radius 2 is 2.44 bits per heavy atom. The average Bonchev–Trinajstić information content (AvgIpc) is 2.36. The van der Waals surface area contributed by atoms with Crippen LogP contribution in [0.15, 0.2) is 6.33 Å². The molecule has 2 heterocycles. The fourth-order valence-corrected chi connectivity index (χ4v) is 1.92. The molecule has 0 saturated carbocycles. The Morgan fingerprint density at radius 1 is 1.61 bits per heavy atom. The van der Waals surface area contributed by atoms with E-state index >= 15 is 0 Å². The first-order chi connectivity index (χ1) is 8.70. The average molecular weight is 253 g/mol. The maximum atomic E-state index is 5.71. The number of nitrogen functional groups attached to an aromatic ring is 1. The van der Waals surface area contributed by atoms with Gasteiger partial charge in [0.2, 0.25) is 5.75 Å². The number of nitrogens with one attached hydrogen (secondary N) is 1. The summed E-state index contributed by atoms with van der Waals surface area (Å²) in [6, 6.07) is 0. The van der Waals surface area contributed by atoms with Crippen molar-refractivity contribution in [2.75, 3.05) is 51.4 Å². The van der Waals surface area contributed by atoms with Crippen LogP contribution in [-0.4, -0.2) is 61.4 Å². The van der Waals surface area contributed by atoms with Crippen LogP contribution in [0, 0.1) is 0 Å². The minimum Gasteiger partial charge on any atom is -0.490 e. The highest BCUT2D eigenvalue weighted by Crippen LogP contribution is 2.26. The third-order valence-corrected chi connectivity index (χ3v) is 2.87. The molecular weight excluding hydrogens is 234 g/mol. The molecule has 3 N–H and O–H groups in total. The van der Waals surface area contributed by atoms with Gasteiger partial charge in [0.1, 0.15) is 6.33 Å². The molecule has 1 aromatic rings. The highest BCUT2D eigenvalue weighted by Gasteiger charge is 2.18. The first kappa shape index (κ1) is 12.8. The van der Waals surface area contributed by atoms with Crippen molar-refractivity contribution in [2.24, 2.45) is 0 Å². The lowest BCUT2D eigenvalue weighted by Crippen LogP contribution is -2.43. The molecule has 1 aliphatic rings. The Hall–Kier alpha value is -1.60. The smallest absolute Gasteiger partial charge is 0.203 e. The van der Waals surface area contributed by atoms with Gasteiger partial charge in [0.25, 0.3) is 0 Å². The second kappa shape index (κ2) is 5.83. The third-order valence-electron chi connectivity index (χ3n) is 2.87. The Balaban J connectivity index is 1.95. The van der Waals surface area contributed by atoms with Gasteiger partial charge in [0, 0.05) is 19.6 Å². The highest BCUT2D eigenvalue weighted by atomic mass is 16.5. The van der Waals surface area contributed by atoms with Crippen LogP contribution in [-0.2, 0) is 4.74 Å². The van der Waals surface area contributed by atoms with Crippen molar-refractivity contribution in [1.82, 2.24) is 14.9 Å². The van der Waals surface area contributed by atoms with Crippen molar-refractivity contribution in [1.29, 1.82) is 0 Å². The van der Waals surface area contributed by atoms with Crippen LogP contribution in [0.5, 0.6) is 5.75 Å². The Bertz CT molecular complexity index is 401. The van der Waals surface area contributed by atoms with E-state index in [-0.39, 0.29) is 6.10 Å². The molecule has 7 heteroatoms. The summed E-state index contributed by atoms with van der Waals surface area (Å²) in [6.45, 7) is 3.29. The molecule has 0 bridgehead atoms. The molecular formula is C11H19N5O2. The molecule has 1 fully saturated rings. The molecule has 2 rings (SSSR count). The fraction of sp³-hybridized carbons (Fsp3) is 0.636. The van der Waals surface area contributed by atoms with E-state index in [1.54, 1.807) is 7.11 Å². The second-order valence-electron chi connectivity index (χ2n) is 4.28. The summed E-state index contributed by atoms with van der Waals surface area (Å²) in [5, 5.41) is 3.19. The Kier molecular flexibility index (Phi) is 4.16. The number of rotatable bonds is 4. The molecule has 7 nitrogen and oxygen atoms in total. The van der Waals surface area contributed by atoms with Crippen molar-refractivity contribution in [3.8, 4) is 5.75 Å². The van der Waals surface area contributed by atoms with E-state index in [1.165, 1.54) is 6.33 Å². The summed E-state index contributed by atoms with van der Waals surface area (Å²) in [5.74, 6) is 1.40. The third kappa shape index (κ3) is 2.99. The van der Waals surface area contributed by atoms with Crippen LogP contribution in [0.25, 0.3) is 0 Å². The monoisotopic (exact) mass is 253 g/mol. The topological polar surface area (TPSA) is 85.5 Å². The molecule has 0 aliphatic carbocycles. The second-order valence-corrected chi connectivity index (χ2v) is 4.28. The van der Waals surface area contributed by atoms with E-state index in [1.807, 2.05) is 0 Å². The zero-order valence-electron chi connectivity index (χ0n) is 10.7. The molecule has 0 spiro atoms. The van der Waals surface area contributed by atoms with Gasteiger partial charge in [-0.25, -0.2) is 9.97 Å². The molecule has 1 aromatic heterocycles. The summed E-state index contributed by atoms with van der Waals surface area (Å²) in [4.78, 5) is 10.2. The van der Waals surface area contributed by atoms with Gasteiger partial charge >= 0.3 is 0 Å². The molecule has 1 unspecified atom stereocenters. The minimum atomic E-state index is 0.143. The maximum absolute atomic E-state index is 5.71.